The summed E-state index contributed by atoms with van der Waals surface area (Å²) in [6.45, 7) is 10.1. The van der Waals surface area contributed by atoms with E-state index in [1.54, 1.807) is 0 Å². The second kappa shape index (κ2) is 5.72. The normalized spacial score (nSPS) is 20.1. The zero-order valence-electron chi connectivity index (χ0n) is 12.5. The summed E-state index contributed by atoms with van der Waals surface area (Å²) in [6.07, 6.45) is 1.26. The summed E-state index contributed by atoms with van der Waals surface area (Å²) >= 11 is 6.44. The second-order valence-electron chi connectivity index (χ2n) is 6.61. The van der Waals surface area contributed by atoms with Crippen LogP contribution >= 0.6 is 11.6 Å². The number of rotatable bonds is 3. The molecule has 0 spiro atoms. The van der Waals surface area contributed by atoms with E-state index in [4.69, 9.17) is 11.6 Å². The van der Waals surface area contributed by atoms with Crippen molar-refractivity contribution < 1.29 is 0 Å². The van der Waals surface area contributed by atoms with Gasteiger partial charge in [-0.25, -0.2) is 0 Å². The molecule has 0 bridgehead atoms. The standard InChI is InChI=1S/C16H25ClN2/c1-16(2,3)13-7-8-19(11-13)15-6-5-12(10-18-4)9-14(15)17/h5-6,9,13,18H,7-8,10-11H2,1-4H3. The Hall–Kier alpha value is -0.730. The summed E-state index contributed by atoms with van der Waals surface area (Å²) in [7, 11) is 1.95. The largest absolute Gasteiger partial charge is 0.370 e. The van der Waals surface area contributed by atoms with E-state index in [9.17, 15) is 0 Å². The summed E-state index contributed by atoms with van der Waals surface area (Å²) in [6, 6.07) is 6.42. The molecule has 1 saturated heterocycles. The van der Waals surface area contributed by atoms with Crippen molar-refractivity contribution in [3.63, 3.8) is 0 Å². The summed E-state index contributed by atoms with van der Waals surface area (Å²) in [5, 5.41) is 4.03. The van der Waals surface area contributed by atoms with Gasteiger partial charge in [-0.3, -0.25) is 0 Å². The first kappa shape index (κ1) is 14.7. The third-order valence-electron chi connectivity index (χ3n) is 4.15. The van der Waals surface area contributed by atoms with Gasteiger partial charge in [0.15, 0.2) is 0 Å². The molecule has 19 heavy (non-hydrogen) atoms. The highest BCUT2D eigenvalue weighted by Gasteiger charge is 2.32. The summed E-state index contributed by atoms with van der Waals surface area (Å²) in [4.78, 5) is 2.43. The van der Waals surface area contributed by atoms with E-state index < -0.39 is 0 Å². The Bertz CT molecular complexity index is 437. The first-order chi connectivity index (χ1) is 8.91. The van der Waals surface area contributed by atoms with Crippen molar-refractivity contribution in [2.75, 3.05) is 25.0 Å². The van der Waals surface area contributed by atoms with E-state index in [0.717, 1.165) is 30.6 Å². The van der Waals surface area contributed by atoms with E-state index in [1.807, 2.05) is 7.05 Å². The predicted octanol–water partition coefficient (Wildman–Crippen LogP) is 3.93. The van der Waals surface area contributed by atoms with Gasteiger partial charge in [0.05, 0.1) is 10.7 Å². The molecule has 2 nitrogen and oxygen atoms in total. The van der Waals surface area contributed by atoms with Crippen LogP contribution in [0.15, 0.2) is 18.2 Å². The summed E-state index contributed by atoms with van der Waals surface area (Å²) in [5.41, 5.74) is 2.81. The Morgan fingerprint density at radius 2 is 2.11 bits per heavy atom. The molecule has 0 amide bonds. The van der Waals surface area contributed by atoms with Gasteiger partial charge >= 0.3 is 0 Å². The lowest BCUT2D eigenvalue weighted by molar-refractivity contribution is 0.263. The van der Waals surface area contributed by atoms with Crippen LogP contribution < -0.4 is 10.2 Å². The Morgan fingerprint density at radius 1 is 1.37 bits per heavy atom. The van der Waals surface area contributed by atoms with Crippen molar-refractivity contribution in [1.82, 2.24) is 5.32 Å². The van der Waals surface area contributed by atoms with Gasteiger partial charge in [-0.15, -0.1) is 0 Å². The lowest BCUT2D eigenvalue weighted by Crippen LogP contribution is -2.26. The molecule has 0 radical (unpaired) electrons. The van der Waals surface area contributed by atoms with Gasteiger partial charge < -0.3 is 10.2 Å². The lowest BCUT2D eigenvalue weighted by Gasteiger charge is -2.28. The predicted molar refractivity (Wildman–Crippen MR) is 84.0 cm³/mol. The Morgan fingerprint density at radius 3 is 2.63 bits per heavy atom. The van der Waals surface area contributed by atoms with Crippen LogP contribution in [0.25, 0.3) is 0 Å². The molecule has 106 valence electrons. The molecule has 1 aliphatic heterocycles. The number of anilines is 1. The Kier molecular flexibility index (Phi) is 4.42. The minimum atomic E-state index is 0.382. The van der Waals surface area contributed by atoms with E-state index in [1.165, 1.54) is 17.7 Å². The smallest absolute Gasteiger partial charge is 0.0642 e. The fourth-order valence-corrected chi connectivity index (χ4v) is 3.13. The number of nitrogens with zero attached hydrogens (tertiary/aromatic N) is 1. The molecule has 1 unspecified atom stereocenters. The van der Waals surface area contributed by atoms with Crippen molar-refractivity contribution >= 4 is 17.3 Å². The molecular formula is C16H25ClN2. The van der Waals surface area contributed by atoms with Crippen LogP contribution in [0.2, 0.25) is 5.02 Å². The van der Waals surface area contributed by atoms with E-state index >= 15 is 0 Å². The SMILES string of the molecule is CNCc1ccc(N2CCC(C(C)(C)C)C2)c(Cl)c1. The third kappa shape index (κ3) is 3.43. The molecule has 0 aliphatic carbocycles. The number of benzene rings is 1. The summed E-state index contributed by atoms with van der Waals surface area (Å²) < 4.78 is 0. The van der Waals surface area contributed by atoms with Crippen LogP contribution in [0, 0.1) is 11.3 Å². The van der Waals surface area contributed by atoms with Crippen molar-refractivity contribution in [3.05, 3.63) is 28.8 Å². The fraction of sp³-hybridized carbons (Fsp3) is 0.625. The van der Waals surface area contributed by atoms with Crippen LogP contribution in [-0.4, -0.2) is 20.1 Å². The Labute approximate surface area is 122 Å². The average Bonchev–Trinajstić information content (AvgIpc) is 2.78. The van der Waals surface area contributed by atoms with Crippen molar-refractivity contribution in [3.8, 4) is 0 Å². The molecule has 1 aromatic carbocycles. The molecule has 3 heteroatoms. The number of nitrogens with one attached hydrogen (secondary N) is 1. The highest BCUT2D eigenvalue weighted by atomic mass is 35.5. The van der Waals surface area contributed by atoms with E-state index in [-0.39, 0.29) is 0 Å². The third-order valence-corrected chi connectivity index (χ3v) is 4.45. The van der Waals surface area contributed by atoms with E-state index in [0.29, 0.717) is 5.41 Å². The molecule has 0 saturated carbocycles. The molecule has 1 fully saturated rings. The number of halogens is 1. The van der Waals surface area contributed by atoms with Crippen LogP contribution in [0.5, 0.6) is 0 Å². The lowest BCUT2D eigenvalue weighted by atomic mass is 9.80. The van der Waals surface area contributed by atoms with Crippen LogP contribution in [0.4, 0.5) is 5.69 Å². The van der Waals surface area contributed by atoms with Crippen LogP contribution in [0.3, 0.4) is 0 Å². The van der Waals surface area contributed by atoms with Gasteiger partial charge in [-0.2, -0.15) is 0 Å². The highest BCUT2D eigenvalue weighted by molar-refractivity contribution is 6.33. The Balaban J connectivity index is 2.11. The molecule has 0 aromatic heterocycles. The van der Waals surface area contributed by atoms with Crippen molar-refractivity contribution in [2.45, 2.75) is 33.7 Å². The number of hydrogen-bond acceptors (Lipinski definition) is 2. The topological polar surface area (TPSA) is 15.3 Å². The molecule has 1 atom stereocenters. The molecule has 1 N–H and O–H groups in total. The zero-order valence-corrected chi connectivity index (χ0v) is 13.2. The molecule has 2 rings (SSSR count). The second-order valence-corrected chi connectivity index (χ2v) is 7.02. The monoisotopic (exact) mass is 280 g/mol. The van der Waals surface area contributed by atoms with Gasteiger partial charge in [-0.1, -0.05) is 38.4 Å². The van der Waals surface area contributed by atoms with Crippen LogP contribution in [-0.2, 0) is 6.54 Å². The van der Waals surface area contributed by atoms with Gasteiger partial charge in [0.2, 0.25) is 0 Å². The zero-order chi connectivity index (χ0) is 14.0. The summed E-state index contributed by atoms with van der Waals surface area (Å²) in [5.74, 6) is 0.751. The number of hydrogen-bond donors (Lipinski definition) is 1. The average molecular weight is 281 g/mol. The maximum absolute atomic E-state index is 6.44. The van der Waals surface area contributed by atoms with E-state index in [2.05, 4.69) is 49.2 Å². The molecule has 1 heterocycles. The van der Waals surface area contributed by atoms with Gasteiger partial charge in [0, 0.05) is 19.6 Å². The minimum absolute atomic E-state index is 0.382. The molecular weight excluding hydrogens is 256 g/mol. The maximum atomic E-state index is 6.44. The fourth-order valence-electron chi connectivity index (χ4n) is 2.81. The molecule has 1 aliphatic rings. The first-order valence-electron chi connectivity index (χ1n) is 7.10. The highest BCUT2D eigenvalue weighted by Crippen LogP contribution is 2.37. The first-order valence-corrected chi connectivity index (χ1v) is 7.47. The molecule has 1 aromatic rings. The quantitative estimate of drug-likeness (QED) is 0.902. The van der Waals surface area contributed by atoms with Gasteiger partial charge in [-0.05, 0) is 42.5 Å². The van der Waals surface area contributed by atoms with Crippen LogP contribution in [0.1, 0.15) is 32.8 Å². The van der Waals surface area contributed by atoms with Gasteiger partial charge in [0.25, 0.3) is 0 Å². The minimum Gasteiger partial charge on any atom is -0.370 e. The van der Waals surface area contributed by atoms with Crippen molar-refractivity contribution in [1.29, 1.82) is 0 Å². The maximum Gasteiger partial charge on any atom is 0.0642 e. The van der Waals surface area contributed by atoms with Gasteiger partial charge in [0.1, 0.15) is 0 Å². The van der Waals surface area contributed by atoms with Crippen molar-refractivity contribution in [2.24, 2.45) is 11.3 Å².